The van der Waals surface area contributed by atoms with Crippen LogP contribution in [-0.2, 0) is 0 Å². The van der Waals surface area contributed by atoms with E-state index in [0.29, 0.717) is 0 Å². The highest BCUT2D eigenvalue weighted by Crippen LogP contribution is 1.79. The SMILES string of the molecule is C[SiH](C)Cl.N. The van der Waals surface area contributed by atoms with Gasteiger partial charge in [-0.15, -0.1) is 0 Å². The highest BCUT2D eigenvalue weighted by molar-refractivity contribution is 7.05. The Labute approximate surface area is 39.2 Å². The van der Waals surface area contributed by atoms with Crippen molar-refractivity contribution in [2.75, 3.05) is 0 Å². The molecule has 0 fully saturated rings. The van der Waals surface area contributed by atoms with Crippen LogP contribution < -0.4 is 6.15 Å². The molecule has 0 atom stereocenters. The van der Waals surface area contributed by atoms with Crippen molar-refractivity contribution in [1.82, 2.24) is 6.15 Å². The third-order valence-electron chi connectivity index (χ3n) is 0. The van der Waals surface area contributed by atoms with Crippen LogP contribution in [0, 0.1) is 0 Å². The van der Waals surface area contributed by atoms with Crippen LogP contribution in [0.2, 0.25) is 13.1 Å². The van der Waals surface area contributed by atoms with Gasteiger partial charge >= 0.3 is 0 Å². The first-order valence-electron chi connectivity index (χ1n) is 1.37. The van der Waals surface area contributed by atoms with Gasteiger partial charge in [-0.3, -0.25) is 0 Å². The summed E-state index contributed by atoms with van der Waals surface area (Å²) in [5, 5.41) is 0. The molecule has 0 aromatic carbocycles. The van der Waals surface area contributed by atoms with Crippen LogP contribution in [0.5, 0.6) is 0 Å². The monoisotopic (exact) mass is 111 g/mol. The largest absolute Gasteiger partial charge is 0.344 e. The number of halogens is 1. The summed E-state index contributed by atoms with van der Waals surface area (Å²) in [5.74, 6) is 0. The Balaban J connectivity index is 0. The van der Waals surface area contributed by atoms with Crippen LogP contribution in [0.3, 0.4) is 0 Å². The van der Waals surface area contributed by atoms with Gasteiger partial charge in [-0.25, -0.2) is 0 Å². The van der Waals surface area contributed by atoms with Crippen molar-refractivity contribution in [1.29, 1.82) is 0 Å². The molecule has 0 aromatic heterocycles. The summed E-state index contributed by atoms with van der Waals surface area (Å²) in [6.45, 7) is 4.14. The Morgan fingerprint density at radius 2 is 1.40 bits per heavy atom. The van der Waals surface area contributed by atoms with Gasteiger partial charge in [-0.1, -0.05) is 13.1 Å². The van der Waals surface area contributed by atoms with Crippen LogP contribution in [0.4, 0.5) is 0 Å². The van der Waals surface area contributed by atoms with E-state index < -0.39 is 8.11 Å². The van der Waals surface area contributed by atoms with E-state index in [1.54, 1.807) is 0 Å². The van der Waals surface area contributed by atoms with E-state index in [2.05, 4.69) is 13.1 Å². The summed E-state index contributed by atoms with van der Waals surface area (Å²) in [6.07, 6.45) is 0. The Bertz CT molecular complexity index is 14.4. The topological polar surface area (TPSA) is 35.0 Å². The summed E-state index contributed by atoms with van der Waals surface area (Å²) in [4.78, 5) is 0. The molecule has 0 amide bonds. The van der Waals surface area contributed by atoms with Gasteiger partial charge in [0.25, 0.3) is 0 Å². The zero-order valence-corrected chi connectivity index (χ0v) is 5.57. The molecule has 0 aromatic rings. The van der Waals surface area contributed by atoms with Crippen molar-refractivity contribution in [2.45, 2.75) is 13.1 Å². The molecular formula is C2H10ClNSi. The van der Waals surface area contributed by atoms with E-state index >= 15 is 0 Å². The van der Waals surface area contributed by atoms with Crippen LogP contribution in [0.25, 0.3) is 0 Å². The van der Waals surface area contributed by atoms with Crippen molar-refractivity contribution >= 4 is 19.2 Å². The van der Waals surface area contributed by atoms with Gasteiger partial charge in [-0.2, -0.15) is 11.1 Å². The van der Waals surface area contributed by atoms with Crippen LogP contribution in [0.15, 0.2) is 0 Å². The molecule has 0 aliphatic heterocycles. The average molecular weight is 112 g/mol. The number of rotatable bonds is 0. The maximum absolute atomic E-state index is 5.41. The minimum absolute atomic E-state index is 0. The summed E-state index contributed by atoms with van der Waals surface area (Å²) in [5.41, 5.74) is 0. The molecule has 3 N–H and O–H groups in total. The number of hydrogen-bond acceptors (Lipinski definition) is 1. The van der Waals surface area contributed by atoms with E-state index in [9.17, 15) is 0 Å². The zero-order valence-electron chi connectivity index (χ0n) is 3.66. The van der Waals surface area contributed by atoms with Crippen molar-refractivity contribution in [2.24, 2.45) is 0 Å². The molecule has 0 saturated heterocycles. The smallest absolute Gasteiger partial charge is 0.134 e. The Kier molecular flexibility index (Phi) is 8.11. The van der Waals surface area contributed by atoms with Gasteiger partial charge in [0.05, 0.1) is 0 Å². The minimum atomic E-state index is -0.667. The van der Waals surface area contributed by atoms with E-state index in [1.807, 2.05) is 0 Å². The van der Waals surface area contributed by atoms with Crippen LogP contribution in [-0.4, -0.2) is 8.11 Å². The Morgan fingerprint density at radius 1 is 1.40 bits per heavy atom. The van der Waals surface area contributed by atoms with Gasteiger partial charge in [0, 0.05) is 0 Å². The fraction of sp³-hybridized carbons (Fsp3) is 1.00. The third kappa shape index (κ3) is 125. The van der Waals surface area contributed by atoms with E-state index in [0.717, 1.165) is 0 Å². The Morgan fingerprint density at radius 3 is 1.40 bits per heavy atom. The summed E-state index contributed by atoms with van der Waals surface area (Å²) in [7, 11) is -0.667. The lowest BCUT2D eigenvalue weighted by atomic mass is 11.9. The molecule has 34 valence electrons. The molecule has 0 bridgehead atoms. The quantitative estimate of drug-likeness (QED) is 0.372. The van der Waals surface area contributed by atoms with Gasteiger partial charge in [0.1, 0.15) is 8.11 Å². The molecule has 0 unspecified atom stereocenters. The lowest BCUT2D eigenvalue weighted by molar-refractivity contribution is 2.10. The van der Waals surface area contributed by atoms with Crippen molar-refractivity contribution in [3.63, 3.8) is 0 Å². The maximum Gasteiger partial charge on any atom is 0.134 e. The van der Waals surface area contributed by atoms with Crippen LogP contribution >= 0.6 is 11.1 Å². The molecular weight excluding hydrogens is 102 g/mol. The molecule has 0 aliphatic rings. The van der Waals surface area contributed by atoms with Crippen LogP contribution in [0.1, 0.15) is 0 Å². The second-order valence-corrected chi connectivity index (χ2v) is 5.66. The molecule has 3 heteroatoms. The first kappa shape index (κ1) is 9.08. The van der Waals surface area contributed by atoms with E-state index in [1.165, 1.54) is 0 Å². The highest BCUT2D eigenvalue weighted by Gasteiger charge is 1.76. The molecule has 0 rings (SSSR count). The lowest BCUT2D eigenvalue weighted by Gasteiger charge is -1.72. The van der Waals surface area contributed by atoms with Gasteiger partial charge in [0.15, 0.2) is 0 Å². The second-order valence-electron chi connectivity index (χ2n) is 1.01. The summed E-state index contributed by atoms with van der Waals surface area (Å²) in [6, 6.07) is 0. The number of hydrogen-bond donors (Lipinski definition) is 1. The molecule has 0 heterocycles. The molecule has 1 nitrogen and oxygen atoms in total. The van der Waals surface area contributed by atoms with Crippen molar-refractivity contribution in [3.05, 3.63) is 0 Å². The fourth-order valence-electron chi connectivity index (χ4n) is 0. The minimum Gasteiger partial charge on any atom is -0.344 e. The average Bonchev–Trinajstić information content (AvgIpc) is 0.811. The standard InChI is InChI=1S/C2H7ClSi.H3N/c1-4(2)3;/h4H,1-2H3;1H3. The fourth-order valence-corrected chi connectivity index (χ4v) is 0. The van der Waals surface area contributed by atoms with Gasteiger partial charge < -0.3 is 6.15 Å². The normalized spacial score (nSPS) is 7.20. The van der Waals surface area contributed by atoms with Gasteiger partial charge in [0.2, 0.25) is 0 Å². The molecule has 0 aliphatic carbocycles. The third-order valence-corrected chi connectivity index (χ3v) is 0. The van der Waals surface area contributed by atoms with Gasteiger partial charge in [-0.05, 0) is 0 Å². The molecule has 5 heavy (non-hydrogen) atoms. The summed E-state index contributed by atoms with van der Waals surface area (Å²) >= 11 is 5.41. The second kappa shape index (κ2) is 4.47. The first-order chi connectivity index (χ1) is 1.73. The predicted octanol–water partition coefficient (Wildman–Crippen LogP) is 1.37. The predicted molar refractivity (Wildman–Crippen MR) is 29.8 cm³/mol. The zero-order chi connectivity index (χ0) is 3.58. The summed E-state index contributed by atoms with van der Waals surface area (Å²) < 4.78 is 0. The Hall–Kier alpha value is 0.467. The van der Waals surface area contributed by atoms with Crippen molar-refractivity contribution in [3.8, 4) is 0 Å². The first-order valence-corrected chi connectivity index (χ1v) is 5.43. The molecule has 0 saturated carbocycles. The van der Waals surface area contributed by atoms with Crippen molar-refractivity contribution < 1.29 is 0 Å². The molecule has 0 spiro atoms. The molecule has 0 radical (unpaired) electrons. The maximum atomic E-state index is 5.41. The van der Waals surface area contributed by atoms with E-state index in [4.69, 9.17) is 11.1 Å². The van der Waals surface area contributed by atoms with E-state index in [-0.39, 0.29) is 6.15 Å². The lowest BCUT2D eigenvalue weighted by Crippen LogP contribution is -1.78. The highest BCUT2D eigenvalue weighted by atomic mass is 35.6.